The van der Waals surface area contributed by atoms with E-state index >= 15 is 0 Å². The van der Waals surface area contributed by atoms with Crippen LogP contribution in [0.4, 0.5) is 0 Å². The molecular weight excluding hydrogens is 250 g/mol. The summed E-state index contributed by atoms with van der Waals surface area (Å²) in [4.78, 5) is 0. The lowest BCUT2D eigenvalue weighted by molar-refractivity contribution is 0.182. The first-order chi connectivity index (χ1) is 7.44. The number of aliphatic hydroxyl groups excluding tert-OH is 1. The van der Waals surface area contributed by atoms with Crippen LogP contribution in [0.15, 0.2) is 36.3 Å². The van der Waals surface area contributed by atoms with Crippen molar-refractivity contribution in [2.24, 2.45) is 0 Å². The van der Waals surface area contributed by atoms with Crippen molar-refractivity contribution < 1.29 is 13.5 Å². The highest BCUT2D eigenvalue weighted by Crippen LogP contribution is 2.15. The first kappa shape index (κ1) is 13.2. The van der Waals surface area contributed by atoms with E-state index in [1.165, 1.54) is 0 Å². The Hall–Kier alpha value is -0.880. The highest BCUT2D eigenvalue weighted by molar-refractivity contribution is 7.92. The van der Waals surface area contributed by atoms with Crippen molar-refractivity contribution in [1.82, 2.24) is 4.72 Å². The molecule has 2 N–H and O–H groups in total. The number of rotatable bonds is 5. The van der Waals surface area contributed by atoms with Gasteiger partial charge in [0, 0.05) is 17.0 Å². The molecule has 0 heterocycles. The van der Waals surface area contributed by atoms with Crippen LogP contribution >= 0.6 is 11.6 Å². The van der Waals surface area contributed by atoms with Gasteiger partial charge in [-0.2, -0.15) is 0 Å². The molecule has 16 heavy (non-hydrogen) atoms. The van der Waals surface area contributed by atoms with Gasteiger partial charge in [-0.3, -0.25) is 0 Å². The maximum absolute atomic E-state index is 11.0. The quantitative estimate of drug-likeness (QED) is 0.843. The number of nitrogens with one attached hydrogen (secondary N) is 1. The Balaban J connectivity index is 2.63. The standard InChI is InChI=1S/C10H12ClNO3S/c1-2-16(14,15)12-7-10(13)8-3-5-9(11)6-4-8/h2-6,10,12-13H,1,7H2. The summed E-state index contributed by atoms with van der Waals surface area (Å²) < 4.78 is 24.2. The van der Waals surface area contributed by atoms with E-state index in [9.17, 15) is 13.5 Å². The summed E-state index contributed by atoms with van der Waals surface area (Å²) >= 11 is 5.68. The van der Waals surface area contributed by atoms with E-state index in [1.807, 2.05) is 0 Å². The minimum atomic E-state index is -3.50. The zero-order valence-electron chi connectivity index (χ0n) is 8.43. The second-order valence-corrected chi connectivity index (χ2v) is 5.28. The van der Waals surface area contributed by atoms with Gasteiger partial charge in [0.05, 0.1) is 6.10 Å². The number of halogens is 1. The number of benzene rings is 1. The second kappa shape index (κ2) is 5.45. The van der Waals surface area contributed by atoms with Crippen molar-refractivity contribution in [3.63, 3.8) is 0 Å². The third-order valence-corrected chi connectivity index (χ3v) is 3.21. The predicted molar refractivity (Wildman–Crippen MR) is 63.5 cm³/mol. The minimum absolute atomic E-state index is 0.101. The normalized spacial score (nSPS) is 13.4. The van der Waals surface area contributed by atoms with E-state index in [2.05, 4.69) is 11.3 Å². The van der Waals surface area contributed by atoms with Gasteiger partial charge in [0.1, 0.15) is 0 Å². The maximum Gasteiger partial charge on any atom is 0.233 e. The molecule has 0 fully saturated rings. The molecule has 0 saturated heterocycles. The largest absolute Gasteiger partial charge is 0.387 e. The molecule has 0 spiro atoms. The van der Waals surface area contributed by atoms with Crippen molar-refractivity contribution in [2.75, 3.05) is 6.54 Å². The number of hydrogen-bond acceptors (Lipinski definition) is 3. The zero-order valence-corrected chi connectivity index (χ0v) is 10.0. The summed E-state index contributed by atoms with van der Waals surface area (Å²) in [6, 6.07) is 6.52. The summed E-state index contributed by atoms with van der Waals surface area (Å²) in [7, 11) is -3.50. The lowest BCUT2D eigenvalue weighted by Gasteiger charge is -2.11. The van der Waals surface area contributed by atoms with Gasteiger partial charge in [0.15, 0.2) is 0 Å². The lowest BCUT2D eigenvalue weighted by Crippen LogP contribution is -2.26. The zero-order chi connectivity index (χ0) is 12.2. The van der Waals surface area contributed by atoms with Crippen molar-refractivity contribution in [2.45, 2.75) is 6.10 Å². The molecule has 6 heteroatoms. The fourth-order valence-electron chi connectivity index (χ4n) is 1.06. The fraction of sp³-hybridized carbons (Fsp3) is 0.200. The molecule has 1 rings (SSSR count). The topological polar surface area (TPSA) is 66.4 Å². The van der Waals surface area contributed by atoms with Gasteiger partial charge < -0.3 is 5.11 Å². The van der Waals surface area contributed by atoms with Gasteiger partial charge >= 0.3 is 0 Å². The Morgan fingerprint density at radius 3 is 2.50 bits per heavy atom. The fourth-order valence-corrected chi connectivity index (χ4v) is 1.69. The molecule has 88 valence electrons. The van der Waals surface area contributed by atoms with Crippen LogP contribution in [0.1, 0.15) is 11.7 Å². The molecule has 0 saturated carbocycles. The van der Waals surface area contributed by atoms with Crippen LogP contribution < -0.4 is 4.72 Å². The first-order valence-electron chi connectivity index (χ1n) is 4.50. The van der Waals surface area contributed by atoms with Crippen LogP contribution in [0.2, 0.25) is 5.02 Å². The number of hydrogen-bond donors (Lipinski definition) is 2. The number of sulfonamides is 1. The Kier molecular flexibility index (Phi) is 4.49. The molecule has 0 aliphatic rings. The van der Waals surface area contributed by atoms with Gasteiger partial charge in [-0.15, -0.1) is 0 Å². The first-order valence-corrected chi connectivity index (χ1v) is 6.42. The maximum atomic E-state index is 11.0. The molecule has 1 aromatic carbocycles. The molecule has 0 aromatic heterocycles. The molecule has 1 aromatic rings. The smallest absolute Gasteiger partial charge is 0.233 e. The van der Waals surface area contributed by atoms with Crippen molar-refractivity contribution in [3.8, 4) is 0 Å². The third-order valence-electron chi connectivity index (χ3n) is 1.95. The van der Waals surface area contributed by atoms with Crippen LogP contribution in [-0.4, -0.2) is 20.1 Å². The highest BCUT2D eigenvalue weighted by atomic mass is 35.5. The van der Waals surface area contributed by atoms with E-state index in [0.29, 0.717) is 10.6 Å². The van der Waals surface area contributed by atoms with Gasteiger partial charge in [0.2, 0.25) is 10.0 Å². The van der Waals surface area contributed by atoms with Gasteiger partial charge in [-0.1, -0.05) is 30.3 Å². The molecular formula is C10H12ClNO3S. The Labute approximate surface area is 99.6 Å². The summed E-state index contributed by atoms with van der Waals surface area (Å²) in [6.45, 7) is 3.04. The van der Waals surface area contributed by atoms with Gasteiger partial charge in [-0.05, 0) is 17.7 Å². The third kappa shape index (κ3) is 3.94. The van der Waals surface area contributed by atoms with Crippen molar-refractivity contribution >= 4 is 21.6 Å². The summed E-state index contributed by atoms with van der Waals surface area (Å²) in [5.74, 6) is 0. The average molecular weight is 262 g/mol. The van der Waals surface area contributed by atoms with Gasteiger partial charge in [-0.25, -0.2) is 13.1 Å². The monoisotopic (exact) mass is 261 g/mol. The average Bonchev–Trinajstić information content (AvgIpc) is 2.27. The molecule has 0 amide bonds. The molecule has 0 radical (unpaired) electrons. The Morgan fingerprint density at radius 2 is 2.00 bits per heavy atom. The van der Waals surface area contributed by atoms with Gasteiger partial charge in [0.25, 0.3) is 0 Å². The van der Waals surface area contributed by atoms with Crippen LogP contribution in [0.3, 0.4) is 0 Å². The van der Waals surface area contributed by atoms with Crippen LogP contribution in [0, 0.1) is 0 Å². The van der Waals surface area contributed by atoms with Crippen molar-refractivity contribution in [1.29, 1.82) is 0 Å². The van der Waals surface area contributed by atoms with Crippen LogP contribution in [-0.2, 0) is 10.0 Å². The molecule has 1 atom stereocenters. The SMILES string of the molecule is C=CS(=O)(=O)NCC(O)c1ccc(Cl)cc1. The molecule has 1 unspecified atom stereocenters. The van der Waals surface area contributed by atoms with E-state index in [-0.39, 0.29) is 6.54 Å². The Morgan fingerprint density at radius 1 is 1.44 bits per heavy atom. The minimum Gasteiger partial charge on any atom is -0.387 e. The molecule has 4 nitrogen and oxygen atoms in total. The summed E-state index contributed by atoms with van der Waals surface area (Å²) in [6.07, 6.45) is -0.910. The summed E-state index contributed by atoms with van der Waals surface area (Å²) in [5.41, 5.74) is 0.594. The predicted octanol–water partition coefficient (Wildman–Crippen LogP) is 1.44. The lowest BCUT2D eigenvalue weighted by atomic mass is 10.1. The van der Waals surface area contributed by atoms with Crippen LogP contribution in [0.25, 0.3) is 0 Å². The van der Waals surface area contributed by atoms with E-state index in [0.717, 1.165) is 5.41 Å². The molecule has 0 aliphatic carbocycles. The Bertz CT molecular complexity index is 455. The second-order valence-electron chi connectivity index (χ2n) is 3.13. The van der Waals surface area contributed by atoms with E-state index < -0.39 is 16.1 Å². The van der Waals surface area contributed by atoms with E-state index in [4.69, 9.17) is 11.6 Å². The van der Waals surface area contributed by atoms with E-state index in [1.54, 1.807) is 24.3 Å². The number of aliphatic hydroxyl groups is 1. The van der Waals surface area contributed by atoms with Crippen molar-refractivity contribution in [3.05, 3.63) is 46.8 Å². The highest BCUT2D eigenvalue weighted by Gasteiger charge is 2.10. The molecule has 0 bridgehead atoms. The molecule has 0 aliphatic heterocycles. The van der Waals surface area contributed by atoms with Crippen LogP contribution in [0.5, 0.6) is 0 Å². The summed E-state index contributed by atoms with van der Waals surface area (Å²) in [5, 5.41) is 11.0.